The molecule has 0 fully saturated rings. The molecule has 2 aromatic carbocycles. The van der Waals surface area contributed by atoms with Crippen LogP contribution in [-0.4, -0.2) is 28.0 Å². The Morgan fingerprint density at radius 2 is 2.03 bits per heavy atom. The highest BCUT2D eigenvalue weighted by Crippen LogP contribution is 2.47. The van der Waals surface area contributed by atoms with Crippen LogP contribution in [0.25, 0.3) is 10.9 Å². The number of H-pyrrole nitrogens is 1. The van der Waals surface area contributed by atoms with Crippen molar-refractivity contribution >= 4 is 58.0 Å². The van der Waals surface area contributed by atoms with Crippen LogP contribution in [0.4, 0.5) is 0 Å². The summed E-state index contributed by atoms with van der Waals surface area (Å²) in [5, 5.41) is 13.5. The predicted molar refractivity (Wildman–Crippen MR) is 127 cm³/mol. The maximum Gasteiger partial charge on any atom is 0.268 e. The molecule has 166 valence electrons. The number of nitrogens with zero attached hydrogens (tertiary/aromatic N) is 3. The average Bonchev–Trinajstić information content (AvgIpc) is 3.21. The molecular weight excluding hydrogens is 484 g/mol. The van der Waals surface area contributed by atoms with E-state index in [4.69, 9.17) is 27.7 Å². The summed E-state index contributed by atoms with van der Waals surface area (Å²) in [5.41, 5.74) is 1.40. The van der Waals surface area contributed by atoms with Crippen molar-refractivity contribution < 1.29 is 13.9 Å². The van der Waals surface area contributed by atoms with Crippen molar-refractivity contribution in [2.24, 2.45) is 0 Å². The number of halogens is 2. The normalized spacial score (nSPS) is 12.8. The summed E-state index contributed by atoms with van der Waals surface area (Å²) in [6, 6.07) is 12.9. The van der Waals surface area contributed by atoms with E-state index < -0.39 is 13.3 Å². The van der Waals surface area contributed by atoms with Gasteiger partial charge in [0.15, 0.2) is 0 Å². The van der Waals surface area contributed by atoms with Crippen LogP contribution in [-0.2, 0) is 15.6 Å². The van der Waals surface area contributed by atoms with Gasteiger partial charge in [-0.25, -0.2) is 9.97 Å². The maximum absolute atomic E-state index is 14.3. The summed E-state index contributed by atoms with van der Waals surface area (Å²) < 4.78 is 19.9. The van der Waals surface area contributed by atoms with Gasteiger partial charge in [-0.1, -0.05) is 23.2 Å². The first kappa shape index (κ1) is 23.0. The number of rotatable bonds is 6. The Hall–Kier alpha value is -3.21. The van der Waals surface area contributed by atoms with Gasteiger partial charge in [-0.05, 0) is 42.5 Å². The average molecular weight is 500 g/mol. The third kappa shape index (κ3) is 4.50. The zero-order valence-corrected chi connectivity index (χ0v) is 19.6. The summed E-state index contributed by atoms with van der Waals surface area (Å²) in [6.45, 7) is 0.129. The summed E-state index contributed by atoms with van der Waals surface area (Å²) in [6.07, 6.45) is 2.94. The van der Waals surface area contributed by atoms with E-state index >= 15 is 0 Å². The lowest BCUT2D eigenvalue weighted by Gasteiger charge is -2.18. The quantitative estimate of drug-likeness (QED) is 0.387. The van der Waals surface area contributed by atoms with Crippen LogP contribution in [0.5, 0.6) is 0 Å². The van der Waals surface area contributed by atoms with Gasteiger partial charge in [-0.2, -0.15) is 5.26 Å². The van der Waals surface area contributed by atoms with Crippen LogP contribution in [0.2, 0.25) is 10.0 Å². The molecule has 0 aliphatic rings. The Bertz CT molecular complexity index is 1450. The molecule has 4 aromatic rings. The summed E-state index contributed by atoms with van der Waals surface area (Å²) >= 11 is 12.4. The monoisotopic (exact) mass is 499 g/mol. The highest BCUT2D eigenvalue weighted by Gasteiger charge is 2.36. The minimum absolute atomic E-state index is 0.0463. The molecule has 0 aliphatic carbocycles. The number of nitrogens with one attached hydrogen (secondary N) is 2. The lowest BCUT2D eigenvalue weighted by Crippen LogP contribution is -2.30. The Kier molecular flexibility index (Phi) is 6.50. The smallest absolute Gasteiger partial charge is 0.268 e. The molecule has 1 amide bonds. The third-order valence-corrected chi connectivity index (χ3v) is 7.90. The molecule has 8 nitrogen and oxygen atoms in total. The van der Waals surface area contributed by atoms with Gasteiger partial charge in [0.1, 0.15) is 12.0 Å². The molecule has 2 heterocycles. The topological polar surface area (TPSA) is 121 Å². The molecule has 0 bridgehead atoms. The molecule has 0 aliphatic heterocycles. The highest BCUT2D eigenvalue weighted by atomic mass is 35.5. The van der Waals surface area contributed by atoms with Gasteiger partial charge in [0.05, 0.1) is 29.2 Å². The Balaban J connectivity index is 1.88. The van der Waals surface area contributed by atoms with Crippen LogP contribution >= 0.6 is 30.6 Å². The molecule has 0 radical (unpaired) electrons. The highest BCUT2D eigenvalue weighted by molar-refractivity contribution is 7.75. The van der Waals surface area contributed by atoms with Gasteiger partial charge in [0.2, 0.25) is 0 Å². The van der Waals surface area contributed by atoms with Crippen molar-refractivity contribution in [2.75, 3.05) is 7.11 Å². The van der Waals surface area contributed by atoms with Crippen molar-refractivity contribution in [1.29, 1.82) is 5.26 Å². The van der Waals surface area contributed by atoms with Crippen LogP contribution in [0.3, 0.4) is 0 Å². The van der Waals surface area contributed by atoms with Crippen LogP contribution in [0, 0.1) is 11.3 Å². The fourth-order valence-corrected chi connectivity index (χ4v) is 6.14. The van der Waals surface area contributed by atoms with Gasteiger partial charge in [-0.15, -0.1) is 0 Å². The fourth-order valence-electron chi connectivity index (χ4n) is 3.44. The van der Waals surface area contributed by atoms with E-state index in [1.807, 2.05) is 6.07 Å². The number of carbonyl (C=O) groups is 1. The van der Waals surface area contributed by atoms with Crippen molar-refractivity contribution in [1.82, 2.24) is 20.3 Å². The number of benzene rings is 2. The summed E-state index contributed by atoms with van der Waals surface area (Å²) in [7, 11) is -2.61. The number of aromatic amines is 1. The number of carbonyl (C=O) groups excluding carboxylic acids is 1. The molecule has 2 N–H and O–H groups in total. The van der Waals surface area contributed by atoms with E-state index in [0.29, 0.717) is 21.6 Å². The second kappa shape index (κ2) is 9.34. The number of aromatic nitrogens is 3. The van der Waals surface area contributed by atoms with Gasteiger partial charge in [-0.3, -0.25) is 9.36 Å². The van der Waals surface area contributed by atoms with Gasteiger partial charge < -0.3 is 14.8 Å². The second-order valence-electron chi connectivity index (χ2n) is 6.97. The second-order valence-corrected chi connectivity index (χ2v) is 10.3. The van der Waals surface area contributed by atoms with Crippen LogP contribution < -0.4 is 15.9 Å². The number of amides is 1. The molecule has 11 heteroatoms. The van der Waals surface area contributed by atoms with E-state index in [2.05, 4.69) is 20.3 Å². The van der Waals surface area contributed by atoms with E-state index in [1.54, 1.807) is 30.5 Å². The van der Waals surface area contributed by atoms with Crippen LogP contribution in [0.15, 0.2) is 55.0 Å². The van der Waals surface area contributed by atoms with Gasteiger partial charge >= 0.3 is 0 Å². The standard InChI is InChI=1S/C22H16Cl2N5O3P/c1-32-33(31,17-7-13(10-25)6-15(24)8-17)21-18-9-14(23)2-3-19(18)29-20(21)22(30)27-11-16-4-5-26-12-28-16/h2-9,12,29H,11H2,1H3,(H,27,30). The number of nitriles is 1. The first-order valence-corrected chi connectivity index (χ1v) is 12.0. The van der Waals surface area contributed by atoms with E-state index in [1.165, 1.54) is 31.6 Å². The Morgan fingerprint density at radius 3 is 2.73 bits per heavy atom. The molecule has 33 heavy (non-hydrogen) atoms. The molecule has 1 unspecified atom stereocenters. The minimum Gasteiger partial charge on any atom is -0.350 e. The van der Waals surface area contributed by atoms with Crippen LogP contribution in [0.1, 0.15) is 21.7 Å². The fraction of sp³-hybridized carbons (Fsp3) is 0.0909. The molecule has 0 spiro atoms. The zero-order chi connectivity index (χ0) is 23.6. The minimum atomic E-state index is -3.89. The Labute approximate surface area is 199 Å². The Morgan fingerprint density at radius 1 is 1.21 bits per heavy atom. The number of hydrogen-bond acceptors (Lipinski definition) is 6. The largest absolute Gasteiger partial charge is 0.350 e. The lowest BCUT2D eigenvalue weighted by molar-refractivity contribution is 0.0947. The van der Waals surface area contributed by atoms with Crippen molar-refractivity contribution in [3.8, 4) is 6.07 Å². The lowest BCUT2D eigenvalue weighted by atomic mass is 10.2. The predicted octanol–water partition coefficient (Wildman–Crippen LogP) is 3.94. The van der Waals surface area contributed by atoms with Gasteiger partial charge in [0.25, 0.3) is 13.3 Å². The van der Waals surface area contributed by atoms with Gasteiger partial charge in [0, 0.05) is 39.6 Å². The SMILES string of the molecule is COP(=O)(c1cc(Cl)cc(C#N)c1)c1c(C(=O)NCc2ccncn2)[nH]c2ccc(Cl)cc12. The molecule has 1 atom stereocenters. The molecular formula is C22H16Cl2N5O3P. The van der Waals surface area contributed by atoms with E-state index in [9.17, 15) is 14.6 Å². The molecule has 0 saturated heterocycles. The first-order chi connectivity index (χ1) is 15.9. The maximum atomic E-state index is 14.3. The molecule has 2 aromatic heterocycles. The van der Waals surface area contributed by atoms with E-state index in [0.717, 1.165) is 0 Å². The number of hydrogen-bond donors (Lipinski definition) is 2. The zero-order valence-electron chi connectivity index (χ0n) is 17.2. The van der Waals surface area contributed by atoms with Crippen molar-refractivity contribution in [3.63, 3.8) is 0 Å². The molecule has 4 rings (SSSR count). The van der Waals surface area contributed by atoms with E-state index in [-0.39, 0.29) is 33.4 Å². The summed E-state index contributed by atoms with van der Waals surface area (Å²) in [5.74, 6) is -0.518. The third-order valence-electron chi connectivity index (χ3n) is 4.94. The summed E-state index contributed by atoms with van der Waals surface area (Å²) in [4.78, 5) is 24.2. The molecule has 0 saturated carbocycles. The first-order valence-electron chi connectivity index (χ1n) is 9.57. The number of fused-ring (bicyclic) bond motifs is 1. The van der Waals surface area contributed by atoms with Crippen molar-refractivity contribution in [3.05, 3.63) is 82.0 Å². The van der Waals surface area contributed by atoms with Crippen molar-refractivity contribution in [2.45, 2.75) is 6.54 Å².